The molecule has 0 fully saturated rings. The molecule has 3 rings (SSSR count). The number of rotatable bonds is 11. The van der Waals surface area contributed by atoms with Crippen molar-refractivity contribution < 1.29 is 9.84 Å². The highest BCUT2D eigenvalue weighted by Gasteiger charge is 2.11. The van der Waals surface area contributed by atoms with Crippen LogP contribution in [0.4, 0.5) is 0 Å². The topological polar surface area (TPSA) is 29.5 Å². The maximum Gasteiger partial charge on any atom is 0.120 e. The number of aliphatic hydroxyl groups excluding tert-OH is 1. The van der Waals surface area contributed by atoms with Gasteiger partial charge in [0.05, 0.1) is 0 Å². The van der Waals surface area contributed by atoms with Crippen molar-refractivity contribution in [2.24, 2.45) is 0 Å². The van der Waals surface area contributed by atoms with Crippen LogP contribution in [-0.4, -0.2) is 11.7 Å². The van der Waals surface area contributed by atoms with Gasteiger partial charge in [0, 0.05) is 6.61 Å². The summed E-state index contributed by atoms with van der Waals surface area (Å²) >= 11 is 0. The monoisotopic (exact) mass is 416 g/mol. The maximum absolute atomic E-state index is 9.03. The van der Waals surface area contributed by atoms with Crippen molar-refractivity contribution in [1.82, 2.24) is 0 Å². The first kappa shape index (κ1) is 23.1. The molecule has 0 aromatic heterocycles. The lowest BCUT2D eigenvalue weighted by Gasteiger charge is -2.16. The van der Waals surface area contributed by atoms with Gasteiger partial charge in [0.25, 0.3) is 0 Å². The lowest BCUT2D eigenvalue weighted by atomic mass is 9.91. The lowest BCUT2D eigenvalue weighted by Crippen LogP contribution is -1.99. The Morgan fingerprint density at radius 1 is 0.645 bits per heavy atom. The highest BCUT2D eigenvalue weighted by Crippen LogP contribution is 2.32. The largest absolute Gasteiger partial charge is 0.489 e. The normalized spacial score (nSPS) is 11.0. The van der Waals surface area contributed by atoms with Crippen LogP contribution in [-0.2, 0) is 32.3 Å². The average molecular weight is 417 g/mol. The SMILES string of the molecule is CCc1ccc(COc2ccc(-c3ccc(CCCCO)cc3CC)c(CC)c2)cc1. The Morgan fingerprint density at radius 3 is 1.90 bits per heavy atom. The van der Waals surface area contributed by atoms with E-state index < -0.39 is 0 Å². The van der Waals surface area contributed by atoms with Gasteiger partial charge in [-0.05, 0) is 89.6 Å². The van der Waals surface area contributed by atoms with Crippen LogP contribution in [0.1, 0.15) is 61.4 Å². The number of hydrogen-bond acceptors (Lipinski definition) is 2. The van der Waals surface area contributed by atoms with Gasteiger partial charge in [-0.25, -0.2) is 0 Å². The van der Waals surface area contributed by atoms with E-state index >= 15 is 0 Å². The second-order valence-electron chi connectivity index (χ2n) is 8.16. The molecule has 2 nitrogen and oxygen atoms in total. The van der Waals surface area contributed by atoms with Crippen molar-refractivity contribution in [1.29, 1.82) is 0 Å². The zero-order valence-electron chi connectivity index (χ0n) is 19.3. The molecule has 164 valence electrons. The predicted octanol–water partition coefficient (Wildman–Crippen LogP) is 6.93. The van der Waals surface area contributed by atoms with Crippen molar-refractivity contribution >= 4 is 0 Å². The Balaban J connectivity index is 1.77. The Labute approximate surface area is 187 Å². The molecule has 0 spiro atoms. The summed E-state index contributed by atoms with van der Waals surface area (Å²) in [7, 11) is 0. The Bertz CT molecular complexity index is 957. The third-order valence-electron chi connectivity index (χ3n) is 6.01. The molecule has 0 aliphatic heterocycles. The second kappa shape index (κ2) is 11.7. The summed E-state index contributed by atoms with van der Waals surface area (Å²) in [5.74, 6) is 0.929. The minimum atomic E-state index is 0.275. The third kappa shape index (κ3) is 6.21. The van der Waals surface area contributed by atoms with E-state index in [9.17, 15) is 0 Å². The van der Waals surface area contributed by atoms with Crippen LogP contribution in [0.3, 0.4) is 0 Å². The molecule has 3 aromatic rings. The molecule has 0 amide bonds. The van der Waals surface area contributed by atoms with E-state index in [4.69, 9.17) is 9.84 Å². The van der Waals surface area contributed by atoms with E-state index in [1.54, 1.807) is 0 Å². The fraction of sp³-hybridized carbons (Fsp3) is 0.379. The number of hydrogen-bond donors (Lipinski definition) is 1. The van der Waals surface area contributed by atoms with Gasteiger partial charge in [-0.3, -0.25) is 0 Å². The predicted molar refractivity (Wildman–Crippen MR) is 131 cm³/mol. The minimum Gasteiger partial charge on any atom is -0.489 e. The highest BCUT2D eigenvalue weighted by molar-refractivity contribution is 5.72. The highest BCUT2D eigenvalue weighted by atomic mass is 16.5. The van der Waals surface area contributed by atoms with Crippen LogP contribution in [0.25, 0.3) is 11.1 Å². The molecular formula is C29H36O2. The molecule has 0 aliphatic carbocycles. The molecule has 0 heterocycles. The lowest BCUT2D eigenvalue weighted by molar-refractivity contribution is 0.284. The van der Waals surface area contributed by atoms with Crippen molar-refractivity contribution in [3.8, 4) is 16.9 Å². The first-order chi connectivity index (χ1) is 15.2. The van der Waals surface area contributed by atoms with E-state index in [2.05, 4.69) is 81.4 Å². The summed E-state index contributed by atoms with van der Waals surface area (Å²) in [5, 5.41) is 9.03. The zero-order chi connectivity index (χ0) is 22.1. The zero-order valence-corrected chi connectivity index (χ0v) is 19.3. The second-order valence-corrected chi connectivity index (χ2v) is 8.16. The molecule has 3 aromatic carbocycles. The first-order valence-electron chi connectivity index (χ1n) is 11.7. The molecule has 1 N–H and O–H groups in total. The quantitative estimate of drug-likeness (QED) is 0.343. The summed E-state index contributed by atoms with van der Waals surface area (Å²) in [4.78, 5) is 0. The standard InChI is InChI=1S/C29H36O2/c1-4-22-10-12-24(13-11-22)21-31-27-15-17-29(26(6-3)20-27)28-16-14-23(9-7-8-18-30)19-25(28)5-2/h10-17,19-20,30H,4-9,18,21H2,1-3H3. The molecule has 0 radical (unpaired) electrons. The van der Waals surface area contributed by atoms with Crippen LogP contribution in [0.2, 0.25) is 0 Å². The van der Waals surface area contributed by atoms with Crippen LogP contribution in [0.5, 0.6) is 5.75 Å². The van der Waals surface area contributed by atoms with Crippen LogP contribution in [0.15, 0.2) is 60.7 Å². The maximum atomic E-state index is 9.03. The van der Waals surface area contributed by atoms with Crippen molar-refractivity contribution in [2.75, 3.05) is 6.61 Å². The van der Waals surface area contributed by atoms with Gasteiger partial charge in [-0.15, -0.1) is 0 Å². The van der Waals surface area contributed by atoms with Crippen molar-refractivity contribution in [2.45, 2.75) is 65.9 Å². The fourth-order valence-corrected chi connectivity index (χ4v) is 4.05. The number of ether oxygens (including phenoxy) is 1. The van der Waals surface area contributed by atoms with E-state index in [0.717, 1.165) is 44.3 Å². The molecule has 0 bridgehead atoms. The van der Waals surface area contributed by atoms with Gasteiger partial charge in [0.2, 0.25) is 0 Å². The number of aliphatic hydroxyl groups is 1. The number of unbranched alkanes of at least 4 members (excludes halogenated alkanes) is 1. The van der Waals surface area contributed by atoms with E-state index in [-0.39, 0.29) is 6.61 Å². The number of benzene rings is 3. The molecule has 0 saturated heterocycles. The third-order valence-corrected chi connectivity index (χ3v) is 6.01. The summed E-state index contributed by atoms with van der Waals surface area (Å²) < 4.78 is 6.11. The molecular weight excluding hydrogens is 380 g/mol. The molecule has 31 heavy (non-hydrogen) atoms. The molecule has 0 unspecified atom stereocenters. The van der Waals surface area contributed by atoms with Gasteiger partial charge >= 0.3 is 0 Å². The number of aryl methyl sites for hydroxylation is 4. The first-order valence-corrected chi connectivity index (χ1v) is 11.7. The summed E-state index contributed by atoms with van der Waals surface area (Å²) in [6, 6.07) is 22.1. The van der Waals surface area contributed by atoms with Gasteiger partial charge in [0.15, 0.2) is 0 Å². The van der Waals surface area contributed by atoms with Crippen LogP contribution in [0, 0.1) is 0 Å². The molecule has 0 aliphatic rings. The average Bonchev–Trinajstić information content (AvgIpc) is 2.83. The summed E-state index contributed by atoms with van der Waals surface area (Å²) in [6.45, 7) is 7.48. The Hall–Kier alpha value is -2.58. The van der Waals surface area contributed by atoms with Gasteiger partial charge in [-0.2, -0.15) is 0 Å². The molecule has 2 heteroatoms. The van der Waals surface area contributed by atoms with Crippen LogP contribution >= 0.6 is 0 Å². The molecule has 0 atom stereocenters. The van der Waals surface area contributed by atoms with Crippen LogP contribution < -0.4 is 4.74 Å². The van der Waals surface area contributed by atoms with Gasteiger partial charge < -0.3 is 9.84 Å². The van der Waals surface area contributed by atoms with Crippen molar-refractivity contribution in [3.63, 3.8) is 0 Å². The van der Waals surface area contributed by atoms with E-state index in [1.807, 2.05) is 0 Å². The van der Waals surface area contributed by atoms with Gasteiger partial charge in [0.1, 0.15) is 12.4 Å². The van der Waals surface area contributed by atoms with Crippen molar-refractivity contribution in [3.05, 3.63) is 88.5 Å². The van der Waals surface area contributed by atoms with E-state index in [0.29, 0.717) is 6.61 Å². The summed E-state index contributed by atoms with van der Waals surface area (Å²) in [5.41, 5.74) is 9.26. The fourth-order valence-electron chi connectivity index (χ4n) is 4.05. The van der Waals surface area contributed by atoms with E-state index in [1.165, 1.54) is 38.9 Å². The smallest absolute Gasteiger partial charge is 0.120 e. The minimum absolute atomic E-state index is 0.275. The van der Waals surface area contributed by atoms with Gasteiger partial charge in [-0.1, -0.05) is 69.3 Å². The summed E-state index contributed by atoms with van der Waals surface area (Å²) in [6.07, 6.45) is 5.98. The Morgan fingerprint density at radius 2 is 1.26 bits per heavy atom. The molecule has 0 saturated carbocycles. The Kier molecular flexibility index (Phi) is 8.73.